The molecule has 0 unspecified atom stereocenters. The molecule has 0 aliphatic heterocycles. The van der Waals surface area contributed by atoms with Crippen molar-refractivity contribution < 1.29 is 13.3 Å². The second-order valence-electron chi connectivity index (χ2n) is 4.21. The van der Waals surface area contributed by atoms with Gasteiger partial charge < -0.3 is 4.57 Å². The summed E-state index contributed by atoms with van der Waals surface area (Å²) in [5.41, 5.74) is 0.718. The van der Waals surface area contributed by atoms with E-state index >= 15 is 0 Å². The average Bonchev–Trinajstić information content (AvgIpc) is 2.79. The van der Waals surface area contributed by atoms with Crippen LogP contribution in [0.25, 0.3) is 10.9 Å². The molecular weight excluding hydrogens is 268 g/mol. The van der Waals surface area contributed by atoms with Crippen LogP contribution in [0.15, 0.2) is 30.5 Å². The number of hydrogen-bond donors (Lipinski definition) is 0. The molecule has 19 heavy (non-hydrogen) atoms. The van der Waals surface area contributed by atoms with Crippen molar-refractivity contribution in [3.63, 3.8) is 0 Å². The summed E-state index contributed by atoms with van der Waals surface area (Å²) < 4.78 is 24.7. The summed E-state index contributed by atoms with van der Waals surface area (Å²) in [5, 5.41) is 11.4. The molecule has 0 atom stereocenters. The van der Waals surface area contributed by atoms with E-state index in [2.05, 4.69) is 0 Å². The van der Waals surface area contributed by atoms with E-state index in [1.165, 1.54) is 6.07 Å². The largest absolute Gasteiger partial charge is 0.346 e. The van der Waals surface area contributed by atoms with Crippen LogP contribution in [-0.4, -0.2) is 29.4 Å². The molecule has 2 aromatic rings. The molecular formula is C12H14N2O4S. The van der Waals surface area contributed by atoms with Crippen molar-refractivity contribution in [1.82, 2.24) is 4.57 Å². The highest BCUT2D eigenvalue weighted by atomic mass is 32.2. The van der Waals surface area contributed by atoms with E-state index in [-0.39, 0.29) is 17.2 Å². The molecule has 1 aromatic heterocycles. The van der Waals surface area contributed by atoms with Crippen LogP contribution in [0.1, 0.15) is 6.92 Å². The number of rotatable bonds is 5. The van der Waals surface area contributed by atoms with Gasteiger partial charge in [-0.1, -0.05) is 13.0 Å². The lowest BCUT2D eigenvalue weighted by Gasteiger charge is -2.05. The Morgan fingerprint density at radius 1 is 1.32 bits per heavy atom. The van der Waals surface area contributed by atoms with E-state index in [1.54, 1.807) is 35.9 Å². The first-order valence-electron chi connectivity index (χ1n) is 5.87. The second kappa shape index (κ2) is 5.00. The van der Waals surface area contributed by atoms with Crippen LogP contribution in [0.3, 0.4) is 0 Å². The van der Waals surface area contributed by atoms with Gasteiger partial charge in [-0.15, -0.1) is 0 Å². The minimum Gasteiger partial charge on any atom is -0.346 e. The first-order valence-corrected chi connectivity index (χ1v) is 7.69. The van der Waals surface area contributed by atoms with E-state index < -0.39 is 14.8 Å². The molecule has 102 valence electrons. The van der Waals surface area contributed by atoms with Gasteiger partial charge in [0.2, 0.25) is 0 Å². The summed E-state index contributed by atoms with van der Waals surface area (Å²) in [7, 11) is -3.05. The van der Waals surface area contributed by atoms with E-state index in [0.29, 0.717) is 17.4 Å². The van der Waals surface area contributed by atoms with Crippen molar-refractivity contribution in [3.05, 3.63) is 40.6 Å². The van der Waals surface area contributed by atoms with Crippen molar-refractivity contribution in [3.8, 4) is 0 Å². The minimum absolute atomic E-state index is 0.0367. The maximum Gasteiger partial charge on any atom is 0.278 e. The van der Waals surface area contributed by atoms with Crippen LogP contribution >= 0.6 is 0 Å². The highest BCUT2D eigenvalue weighted by Crippen LogP contribution is 2.26. The number of fused-ring (bicyclic) bond motifs is 1. The summed E-state index contributed by atoms with van der Waals surface area (Å²) in [6.45, 7) is 1.91. The number of benzene rings is 1. The van der Waals surface area contributed by atoms with Crippen molar-refractivity contribution in [2.24, 2.45) is 0 Å². The maximum absolute atomic E-state index is 11.5. The fourth-order valence-electron chi connectivity index (χ4n) is 1.94. The van der Waals surface area contributed by atoms with Crippen LogP contribution < -0.4 is 0 Å². The third-order valence-corrected chi connectivity index (χ3v) is 4.75. The molecule has 1 aromatic carbocycles. The zero-order valence-corrected chi connectivity index (χ0v) is 11.3. The van der Waals surface area contributed by atoms with E-state index in [0.717, 1.165) is 0 Å². The third kappa shape index (κ3) is 2.76. The summed E-state index contributed by atoms with van der Waals surface area (Å²) in [6.07, 6.45) is 1.68. The molecule has 6 nitrogen and oxygen atoms in total. The molecule has 2 rings (SSSR count). The van der Waals surface area contributed by atoms with Gasteiger partial charge in [-0.3, -0.25) is 10.1 Å². The Bertz CT molecular complexity index is 718. The lowest BCUT2D eigenvalue weighted by Crippen LogP contribution is -2.14. The van der Waals surface area contributed by atoms with E-state index in [1.807, 2.05) is 0 Å². The van der Waals surface area contributed by atoms with Gasteiger partial charge in [-0.05, 0) is 12.1 Å². The number of nitrogens with zero attached hydrogens (tertiary/aromatic N) is 2. The Kier molecular flexibility index (Phi) is 3.57. The molecule has 0 amide bonds. The predicted octanol–water partition coefficient (Wildman–Crippen LogP) is 1.98. The number of hydrogen-bond acceptors (Lipinski definition) is 4. The van der Waals surface area contributed by atoms with Crippen LogP contribution in [0.4, 0.5) is 5.69 Å². The highest BCUT2D eigenvalue weighted by Gasteiger charge is 2.14. The Labute approximate surface area is 110 Å². The molecule has 0 aliphatic rings. The third-order valence-electron chi connectivity index (χ3n) is 3.07. The smallest absolute Gasteiger partial charge is 0.278 e. The van der Waals surface area contributed by atoms with Crippen LogP contribution in [0.5, 0.6) is 0 Å². The van der Waals surface area contributed by atoms with Crippen LogP contribution in [0, 0.1) is 10.1 Å². The van der Waals surface area contributed by atoms with E-state index in [9.17, 15) is 18.5 Å². The van der Waals surface area contributed by atoms with Gasteiger partial charge in [-0.2, -0.15) is 0 Å². The fourth-order valence-corrected chi connectivity index (χ4v) is 2.71. The lowest BCUT2D eigenvalue weighted by atomic mass is 10.2. The van der Waals surface area contributed by atoms with Gasteiger partial charge in [0.15, 0.2) is 9.84 Å². The lowest BCUT2D eigenvalue weighted by molar-refractivity contribution is -0.383. The van der Waals surface area contributed by atoms with Crippen molar-refractivity contribution in [1.29, 1.82) is 0 Å². The van der Waals surface area contributed by atoms with Gasteiger partial charge in [0, 0.05) is 24.6 Å². The minimum atomic E-state index is -3.05. The number of nitro benzene ring substituents is 1. The van der Waals surface area contributed by atoms with Gasteiger partial charge in [0.1, 0.15) is 0 Å². The monoisotopic (exact) mass is 282 g/mol. The molecule has 0 saturated carbocycles. The Balaban J connectivity index is 2.36. The van der Waals surface area contributed by atoms with Gasteiger partial charge in [0.05, 0.1) is 21.6 Å². The Morgan fingerprint density at radius 3 is 2.68 bits per heavy atom. The summed E-state index contributed by atoms with van der Waals surface area (Å²) in [6, 6.07) is 6.44. The molecule has 1 heterocycles. The standard InChI is InChI=1S/C12H14N2O4S/c1-2-19(17,18)9-8-13-7-6-10-11(13)4-3-5-12(10)14(15)16/h3-7H,2,8-9H2,1H3. The number of nitro groups is 1. The zero-order chi connectivity index (χ0) is 14.0. The topological polar surface area (TPSA) is 82.2 Å². The van der Waals surface area contributed by atoms with E-state index in [4.69, 9.17) is 0 Å². The molecule has 0 aliphatic carbocycles. The second-order valence-corrected chi connectivity index (χ2v) is 6.69. The van der Waals surface area contributed by atoms with Crippen molar-refractivity contribution in [2.45, 2.75) is 13.5 Å². The zero-order valence-electron chi connectivity index (χ0n) is 10.4. The SMILES string of the molecule is CCS(=O)(=O)CCn1ccc2c([N+](=O)[O-])cccc21. The molecule has 0 bridgehead atoms. The Hall–Kier alpha value is -1.89. The normalized spacial score (nSPS) is 11.8. The number of aryl methyl sites for hydroxylation is 1. The summed E-state index contributed by atoms with van der Waals surface area (Å²) >= 11 is 0. The first kappa shape index (κ1) is 13.5. The molecule has 0 radical (unpaired) electrons. The first-order chi connectivity index (χ1) is 8.94. The van der Waals surface area contributed by atoms with Crippen LogP contribution in [-0.2, 0) is 16.4 Å². The fraction of sp³-hybridized carbons (Fsp3) is 0.333. The molecule has 0 fully saturated rings. The number of aromatic nitrogens is 1. The maximum atomic E-state index is 11.5. The van der Waals surface area contributed by atoms with Crippen molar-refractivity contribution >= 4 is 26.4 Å². The Morgan fingerprint density at radius 2 is 2.05 bits per heavy atom. The summed E-state index contributed by atoms with van der Waals surface area (Å²) in [4.78, 5) is 10.5. The highest BCUT2D eigenvalue weighted by molar-refractivity contribution is 7.91. The number of sulfone groups is 1. The number of non-ortho nitro benzene ring substituents is 1. The quantitative estimate of drug-likeness (QED) is 0.620. The van der Waals surface area contributed by atoms with Gasteiger partial charge in [0.25, 0.3) is 5.69 Å². The molecule has 0 N–H and O–H groups in total. The predicted molar refractivity (Wildman–Crippen MR) is 72.9 cm³/mol. The van der Waals surface area contributed by atoms with Gasteiger partial charge in [-0.25, -0.2) is 8.42 Å². The van der Waals surface area contributed by atoms with Crippen LogP contribution in [0.2, 0.25) is 0 Å². The molecule has 7 heteroatoms. The molecule has 0 spiro atoms. The average molecular weight is 282 g/mol. The van der Waals surface area contributed by atoms with Gasteiger partial charge >= 0.3 is 0 Å². The molecule has 0 saturated heterocycles. The van der Waals surface area contributed by atoms with Crippen molar-refractivity contribution in [2.75, 3.05) is 11.5 Å². The summed E-state index contributed by atoms with van der Waals surface area (Å²) in [5.74, 6) is 0.141.